The molecule has 24 heavy (non-hydrogen) atoms. The number of phenolic OH excluding ortho intramolecular Hbond substituents is 1. The van der Waals surface area contributed by atoms with E-state index in [4.69, 9.17) is 0 Å². The minimum Gasteiger partial charge on any atom is -0.506 e. The van der Waals surface area contributed by atoms with E-state index >= 15 is 0 Å². The number of anilines is 1. The fourth-order valence-corrected chi connectivity index (χ4v) is 2.33. The van der Waals surface area contributed by atoms with E-state index in [1.807, 2.05) is 31.1 Å². The van der Waals surface area contributed by atoms with Crippen molar-refractivity contribution in [1.29, 1.82) is 0 Å². The van der Waals surface area contributed by atoms with Gasteiger partial charge in [0.1, 0.15) is 5.75 Å². The van der Waals surface area contributed by atoms with Gasteiger partial charge in [0.25, 0.3) is 5.91 Å². The van der Waals surface area contributed by atoms with E-state index < -0.39 is 0 Å². The molecule has 0 aliphatic heterocycles. The van der Waals surface area contributed by atoms with E-state index in [1.54, 1.807) is 24.4 Å². The van der Waals surface area contributed by atoms with Crippen molar-refractivity contribution in [2.75, 3.05) is 19.4 Å². The lowest BCUT2D eigenvalue weighted by atomic mass is 9.87. The van der Waals surface area contributed by atoms with Crippen molar-refractivity contribution in [1.82, 2.24) is 9.88 Å². The molecule has 0 fully saturated rings. The molecule has 0 spiro atoms. The van der Waals surface area contributed by atoms with Gasteiger partial charge in [0.2, 0.25) is 0 Å². The smallest absolute Gasteiger partial charge is 0.255 e. The highest BCUT2D eigenvalue weighted by atomic mass is 16.3. The van der Waals surface area contributed by atoms with Gasteiger partial charge in [0.05, 0.1) is 11.4 Å². The summed E-state index contributed by atoms with van der Waals surface area (Å²) in [7, 11) is 3.90. The molecule has 0 saturated carbocycles. The van der Waals surface area contributed by atoms with E-state index in [-0.39, 0.29) is 17.1 Å². The molecular formula is C19H25N3O2. The minimum atomic E-state index is -0.265. The number of aromatic hydroxyl groups is 1. The fourth-order valence-electron chi connectivity index (χ4n) is 2.33. The molecule has 128 valence electrons. The Balaban J connectivity index is 2.24. The van der Waals surface area contributed by atoms with Crippen LogP contribution in [-0.2, 0) is 12.0 Å². The molecule has 5 heteroatoms. The lowest BCUT2D eigenvalue weighted by Crippen LogP contribution is -2.16. The summed E-state index contributed by atoms with van der Waals surface area (Å²) < 4.78 is 0. The average Bonchev–Trinajstić information content (AvgIpc) is 2.48. The van der Waals surface area contributed by atoms with Gasteiger partial charge in [-0.1, -0.05) is 26.8 Å². The Morgan fingerprint density at radius 1 is 1.21 bits per heavy atom. The third-order valence-electron chi connectivity index (χ3n) is 3.67. The first-order valence-corrected chi connectivity index (χ1v) is 7.91. The van der Waals surface area contributed by atoms with Crippen molar-refractivity contribution in [3.8, 4) is 5.75 Å². The van der Waals surface area contributed by atoms with Gasteiger partial charge in [-0.2, -0.15) is 0 Å². The Hall–Kier alpha value is -2.40. The Kier molecular flexibility index (Phi) is 5.24. The molecule has 0 bridgehead atoms. The lowest BCUT2D eigenvalue weighted by Gasteiger charge is -2.20. The van der Waals surface area contributed by atoms with Crippen LogP contribution in [0.15, 0.2) is 36.5 Å². The molecule has 0 unspecified atom stereocenters. The van der Waals surface area contributed by atoms with Crippen LogP contribution in [0.5, 0.6) is 5.75 Å². The Morgan fingerprint density at radius 3 is 2.54 bits per heavy atom. The molecule has 0 aliphatic carbocycles. The summed E-state index contributed by atoms with van der Waals surface area (Å²) in [5, 5.41) is 12.8. The Morgan fingerprint density at radius 2 is 1.92 bits per heavy atom. The van der Waals surface area contributed by atoms with E-state index in [2.05, 4.69) is 31.1 Å². The average molecular weight is 327 g/mol. The number of benzene rings is 1. The number of pyridine rings is 1. The molecule has 2 aromatic rings. The molecule has 0 aliphatic rings. The molecule has 1 heterocycles. The first-order valence-electron chi connectivity index (χ1n) is 7.91. The fraction of sp³-hybridized carbons (Fsp3) is 0.368. The number of carbonyl (C=O) groups is 1. The maximum Gasteiger partial charge on any atom is 0.255 e. The minimum absolute atomic E-state index is 0.0546. The highest BCUT2D eigenvalue weighted by molar-refractivity contribution is 6.05. The summed E-state index contributed by atoms with van der Waals surface area (Å²) in [4.78, 5) is 18.8. The van der Waals surface area contributed by atoms with Crippen molar-refractivity contribution >= 4 is 11.6 Å². The molecule has 1 aromatic carbocycles. The Bertz CT molecular complexity index is 734. The summed E-state index contributed by atoms with van der Waals surface area (Å²) >= 11 is 0. The van der Waals surface area contributed by atoms with Gasteiger partial charge in [0.15, 0.2) is 0 Å². The molecule has 1 aromatic heterocycles. The zero-order valence-corrected chi connectivity index (χ0v) is 14.9. The summed E-state index contributed by atoms with van der Waals surface area (Å²) in [6.07, 6.45) is 1.62. The zero-order valence-electron chi connectivity index (χ0n) is 14.9. The number of carbonyl (C=O) groups excluding carboxylic acids is 1. The van der Waals surface area contributed by atoms with Crippen molar-refractivity contribution in [2.24, 2.45) is 0 Å². The van der Waals surface area contributed by atoms with Crippen LogP contribution in [-0.4, -0.2) is 35.0 Å². The van der Waals surface area contributed by atoms with Crippen LogP contribution in [0.3, 0.4) is 0 Å². The van der Waals surface area contributed by atoms with E-state index in [0.717, 1.165) is 11.3 Å². The summed E-state index contributed by atoms with van der Waals surface area (Å²) in [5.74, 6) is -0.210. The normalized spacial score (nSPS) is 11.6. The van der Waals surface area contributed by atoms with Crippen LogP contribution in [0.1, 0.15) is 42.4 Å². The summed E-state index contributed by atoms with van der Waals surface area (Å²) in [6.45, 7) is 6.91. The molecule has 5 nitrogen and oxygen atoms in total. The molecular weight excluding hydrogens is 302 g/mol. The van der Waals surface area contributed by atoms with E-state index in [0.29, 0.717) is 17.8 Å². The van der Waals surface area contributed by atoms with Crippen LogP contribution >= 0.6 is 0 Å². The highest BCUT2D eigenvalue weighted by Gasteiger charge is 2.17. The van der Waals surface area contributed by atoms with Gasteiger partial charge >= 0.3 is 0 Å². The molecule has 1 amide bonds. The van der Waals surface area contributed by atoms with Gasteiger partial charge in [-0.05, 0) is 49.3 Å². The van der Waals surface area contributed by atoms with Crippen LogP contribution in [0.4, 0.5) is 5.69 Å². The molecule has 0 atom stereocenters. The van der Waals surface area contributed by atoms with Gasteiger partial charge in [-0.25, -0.2) is 0 Å². The number of hydrogen-bond acceptors (Lipinski definition) is 4. The SMILES string of the molecule is CN(C)Cc1cc(C(=O)Nc2cc(C(C)(C)C)ccc2O)ccn1. The third kappa shape index (κ3) is 4.55. The number of aromatic nitrogens is 1. The quantitative estimate of drug-likeness (QED) is 0.845. The van der Waals surface area contributed by atoms with Crippen LogP contribution in [0.2, 0.25) is 0 Å². The maximum absolute atomic E-state index is 12.5. The van der Waals surface area contributed by atoms with Gasteiger partial charge in [-0.3, -0.25) is 9.78 Å². The first kappa shape index (κ1) is 17.9. The largest absolute Gasteiger partial charge is 0.506 e. The predicted octanol–water partition coefficient (Wildman–Crippen LogP) is 3.40. The maximum atomic E-state index is 12.5. The van der Waals surface area contributed by atoms with Crippen LogP contribution < -0.4 is 5.32 Å². The third-order valence-corrected chi connectivity index (χ3v) is 3.67. The van der Waals surface area contributed by atoms with E-state index in [1.165, 1.54) is 0 Å². The number of phenols is 1. The second-order valence-electron chi connectivity index (χ2n) is 7.21. The van der Waals surface area contributed by atoms with Gasteiger partial charge < -0.3 is 15.3 Å². The number of amides is 1. The standard InChI is InChI=1S/C19H25N3O2/c1-19(2,3)14-6-7-17(23)16(11-14)21-18(24)13-8-9-20-15(10-13)12-22(4)5/h6-11,23H,12H2,1-5H3,(H,21,24). The zero-order chi connectivity index (χ0) is 17.9. The van der Waals surface area contributed by atoms with Crippen molar-refractivity contribution < 1.29 is 9.90 Å². The number of rotatable bonds is 4. The molecule has 2 rings (SSSR count). The molecule has 0 saturated heterocycles. The number of nitrogens with one attached hydrogen (secondary N) is 1. The molecule has 2 N–H and O–H groups in total. The van der Waals surface area contributed by atoms with E-state index in [9.17, 15) is 9.90 Å². The first-order chi connectivity index (χ1) is 11.2. The second-order valence-corrected chi connectivity index (χ2v) is 7.21. The lowest BCUT2D eigenvalue weighted by molar-refractivity contribution is 0.102. The monoisotopic (exact) mass is 327 g/mol. The van der Waals surface area contributed by atoms with Crippen molar-refractivity contribution in [2.45, 2.75) is 32.7 Å². The van der Waals surface area contributed by atoms with Crippen molar-refractivity contribution in [3.05, 3.63) is 53.3 Å². The Labute approximate surface area is 143 Å². The van der Waals surface area contributed by atoms with Crippen molar-refractivity contribution in [3.63, 3.8) is 0 Å². The van der Waals surface area contributed by atoms with Gasteiger partial charge in [-0.15, -0.1) is 0 Å². The number of nitrogens with zero attached hydrogens (tertiary/aromatic N) is 2. The summed E-state index contributed by atoms with van der Waals surface area (Å²) in [6, 6.07) is 8.72. The number of hydrogen-bond donors (Lipinski definition) is 2. The topological polar surface area (TPSA) is 65.5 Å². The van der Waals surface area contributed by atoms with Crippen LogP contribution in [0, 0.1) is 0 Å². The summed E-state index contributed by atoms with van der Waals surface area (Å²) in [5.41, 5.74) is 2.72. The highest BCUT2D eigenvalue weighted by Crippen LogP contribution is 2.31. The second kappa shape index (κ2) is 7.01. The molecule has 0 radical (unpaired) electrons. The van der Waals surface area contributed by atoms with Crippen LogP contribution in [0.25, 0.3) is 0 Å². The predicted molar refractivity (Wildman–Crippen MR) is 96.4 cm³/mol. The van der Waals surface area contributed by atoms with Gasteiger partial charge in [0, 0.05) is 18.3 Å².